The summed E-state index contributed by atoms with van der Waals surface area (Å²) in [6, 6.07) is 13.5. The van der Waals surface area contributed by atoms with E-state index in [9.17, 15) is 22.8 Å². The molecule has 1 aliphatic rings. The minimum Gasteiger partial charge on any atom is -0.385 e. The van der Waals surface area contributed by atoms with Gasteiger partial charge < -0.3 is 10.6 Å². The zero-order valence-corrected chi connectivity index (χ0v) is 20.8. The molecule has 3 aromatic rings. The van der Waals surface area contributed by atoms with Crippen molar-refractivity contribution in [2.45, 2.75) is 30.9 Å². The van der Waals surface area contributed by atoms with E-state index in [2.05, 4.69) is 17.6 Å². The first-order valence-corrected chi connectivity index (χ1v) is 13.2. The van der Waals surface area contributed by atoms with E-state index in [0.717, 1.165) is 39.8 Å². The second-order valence-corrected chi connectivity index (χ2v) is 11.2. The van der Waals surface area contributed by atoms with Gasteiger partial charge in [-0.1, -0.05) is 6.92 Å². The first kappa shape index (κ1) is 24.4. The largest absolute Gasteiger partial charge is 0.385 e. The second-order valence-electron chi connectivity index (χ2n) is 7.98. The fourth-order valence-corrected chi connectivity index (χ4v) is 5.83. The molecule has 0 radical (unpaired) electrons. The molecule has 2 heterocycles. The highest BCUT2D eigenvalue weighted by atomic mass is 32.2. The maximum atomic E-state index is 13.0. The van der Waals surface area contributed by atoms with Crippen LogP contribution < -0.4 is 20.3 Å². The zero-order chi connectivity index (χ0) is 25.2. The molecule has 1 aliphatic heterocycles. The summed E-state index contributed by atoms with van der Waals surface area (Å²) in [5.74, 6) is -0.778. The van der Waals surface area contributed by atoms with Gasteiger partial charge >= 0.3 is 6.03 Å². The highest BCUT2D eigenvalue weighted by molar-refractivity contribution is 7.92. The Morgan fingerprint density at radius 3 is 2.40 bits per heavy atom. The minimum absolute atomic E-state index is 0.0381. The minimum atomic E-state index is -3.98. The summed E-state index contributed by atoms with van der Waals surface area (Å²) >= 11 is 1.06. The number of hydrogen-bond donors (Lipinski definition) is 3. The number of nitrogens with zero attached hydrogens (tertiary/aromatic N) is 1. The molecule has 4 rings (SSSR count). The molecule has 2 aromatic carbocycles. The third-order valence-electron chi connectivity index (χ3n) is 5.30. The molecule has 0 spiro atoms. The fraction of sp³-hybridized carbons (Fsp3) is 0.208. The van der Waals surface area contributed by atoms with Crippen LogP contribution in [-0.2, 0) is 21.2 Å². The number of sulfonamides is 1. The average Bonchev–Trinajstić information content (AvgIpc) is 3.25. The van der Waals surface area contributed by atoms with Gasteiger partial charge in [0.25, 0.3) is 15.9 Å². The number of benzene rings is 2. The van der Waals surface area contributed by atoms with E-state index in [1.165, 1.54) is 30.3 Å². The molecule has 35 heavy (non-hydrogen) atoms. The highest BCUT2D eigenvalue weighted by Crippen LogP contribution is 2.28. The van der Waals surface area contributed by atoms with Crippen molar-refractivity contribution in [2.24, 2.45) is 0 Å². The number of imide groups is 1. The Bertz CT molecular complexity index is 1400. The van der Waals surface area contributed by atoms with Gasteiger partial charge in [-0.25, -0.2) is 22.8 Å². The number of thiophene rings is 1. The molecule has 0 saturated carbocycles. The number of hydrogen-bond acceptors (Lipinski definition) is 7. The highest BCUT2D eigenvalue weighted by Gasteiger charge is 2.32. The van der Waals surface area contributed by atoms with Gasteiger partial charge in [0.15, 0.2) is 0 Å². The molecule has 11 heteroatoms. The quantitative estimate of drug-likeness (QED) is 0.409. The number of amides is 4. The molecule has 3 N–H and O–H groups in total. The molecule has 0 aliphatic carbocycles. The Kier molecular flexibility index (Phi) is 6.90. The van der Waals surface area contributed by atoms with Gasteiger partial charge in [-0.15, -0.1) is 11.3 Å². The lowest BCUT2D eigenvalue weighted by atomic mass is 9.97. The van der Waals surface area contributed by atoms with Crippen LogP contribution >= 0.6 is 11.3 Å². The molecule has 0 unspecified atom stereocenters. The van der Waals surface area contributed by atoms with Gasteiger partial charge in [-0.2, -0.15) is 0 Å². The van der Waals surface area contributed by atoms with Crippen molar-refractivity contribution < 1.29 is 22.8 Å². The van der Waals surface area contributed by atoms with Crippen LogP contribution in [0.2, 0.25) is 0 Å². The summed E-state index contributed by atoms with van der Waals surface area (Å²) in [5.41, 5.74) is 2.65. The van der Waals surface area contributed by atoms with Crippen molar-refractivity contribution in [3.63, 3.8) is 0 Å². The molecular formula is C24H24N4O5S2. The van der Waals surface area contributed by atoms with Crippen LogP contribution in [0.1, 0.15) is 34.1 Å². The lowest BCUT2D eigenvalue weighted by molar-refractivity contribution is -0.117. The number of rotatable bonds is 7. The van der Waals surface area contributed by atoms with E-state index < -0.39 is 22.0 Å². The number of urea groups is 1. The predicted octanol–water partition coefficient (Wildman–Crippen LogP) is 4.12. The lowest BCUT2D eigenvalue weighted by Crippen LogP contribution is -2.42. The van der Waals surface area contributed by atoms with E-state index in [1.54, 1.807) is 19.1 Å². The monoisotopic (exact) mass is 512 g/mol. The Morgan fingerprint density at radius 2 is 1.74 bits per heavy atom. The lowest BCUT2D eigenvalue weighted by Gasteiger charge is -2.27. The van der Waals surface area contributed by atoms with Crippen molar-refractivity contribution >= 4 is 56.3 Å². The summed E-state index contributed by atoms with van der Waals surface area (Å²) in [7, 11) is -3.98. The second kappa shape index (κ2) is 9.88. The van der Waals surface area contributed by atoms with E-state index in [0.29, 0.717) is 22.5 Å². The normalized spacial score (nSPS) is 13.4. The Balaban J connectivity index is 1.45. The van der Waals surface area contributed by atoms with Crippen LogP contribution in [0.15, 0.2) is 58.8 Å². The molecule has 1 aromatic heterocycles. The van der Waals surface area contributed by atoms with Gasteiger partial charge in [0.05, 0.1) is 12.1 Å². The number of carbonyl (C=O) groups is 3. The van der Waals surface area contributed by atoms with Crippen molar-refractivity contribution in [3.05, 3.63) is 70.6 Å². The molecule has 182 valence electrons. The average molecular weight is 513 g/mol. The number of fused-ring (bicyclic) bond motifs is 1. The maximum absolute atomic E-state index is 13.0. The molecule has 0 bridgehead atoms. The van der Waals surface area contributed by atoms with Crippen molar-refractivity contribution in [1.82, 2.24) is 4.72 Å². The molecule has 0 atom stereocenters. The van der Waals surface area contributed by atoms with Gasteiger partial charge in [0.1, 0.15) is 4.21 Å². The van der Waals surface area contributed by atoms with Gasteiger partial charge in [0, 0.05) is 28.4 Å². The summed E-state index contributed by atoms with van der Waals surface area (Å²) < 4.78 is 26.6. The van der Waals surface area contributed by atoms with Crippen LogP contribution in [0.4, 0.5) is 21.9 Å². The van der Waals surface area contributed by atoms with Crippen LogP contribution in [0.25, 0.3) is 0 Å². The molecular weight excluding hydrogens is 488 g/mol. The van der Waals surface area contributed by atoms with Crippen LogP contribution in [0.3, 0.4) is 0 Å². The van der Waals surface area contributed by atoms with Crippen molar-refractivity contribution in [2.75, 3.05) is 22.1 Å². The van der Waals surface area contributed by atoms with Crippen molar-refractivity contribution in [3.8, 4) is 0 Å². The van der Waals surface area contributed by atoms with E-state index >= 15 is 0 Å². The summed E-state index contributed by atoms with van der Waals surface area (Å²) in [5, 5.41) is 5.70. The standard InChI is InChI=1S/C24H24N4O5S2/c1-3-12-25-18-7-10-20-16(13-18)14-21(29)28(23(20)30)19-8-5-17(6-9-19)26-24(31)27-35(32,33)22-11-4-15(2)34-22/h4-11,13,25H,3,12,14H2,1-2H3,(H2,26,27,31). The summed E-state index contributed by atoms with van der Waals surface area (Å²) in [6.45, 7) is 4.62. The maximum Gasteiger partial charge on any atom is 0.333 e. The molecule has 9 nitrogen and oxygen atoms in total. The third kappa shape index (κ3) is 5.36. The predicted molar refractivity (Wildman–Crippen MR) is 136 cm³/mol. The Hall–Kier alpha value is -3.70. The summed E-state index contributed by atoms with van der Waals surface area (Å²) in [6.07, 6.45) is 1.05. The van der Waals surface area contributed by atoms with E-state index in [-0.39, 0.29) is 16.5 Å². The smallest absolute Gasteiger partial charge is 0.333 e. The van der Waals surface area contributed by atoms with E-state index in [4.69, 9.17) is 0 Å². The first-order chi connectivity index (χ1) is 16.7. The molecule has 0 saturated heterocycles. The number of anilines is 3. The number of nitrogens with one attached hydrogen (secondary N) is 3. The Labute approximate surface area is 207 Å². The van der Waals surface area contributed by atoms with Crippen LogP contribution in [-0.4, -0.2) is 32.8 Å². The topological polar surface area (TPSA) is 125 Å². The zero-order valence-electron chi connectivity index (χ0n) is 19.1. The van der Waals surface area contributed by atoms with Gasteiger partial charge in [-0.05, 0) is 73.5 Å². The Morgan fingerprint density at radius 1 is 1.03 bits per heavy atom. The fourth-order valence-electron chi connectivity index (χ4n) is 3.64. The van der Waals surface area contributed by atoms with Crippen LogP contribution in [0, 0.1) is 6.92 Å². The van der Waals surface area contributed by atoms with Crippen molar-refractivity contribution in [1.29, 1.82) is 0 Å². The third-order valence-corrected chi connectivity index (χ3v) is 8.12. The van der Waals surface area contributed by atoms with E-state index in [1.807, 2.05) is 16.9 Å². The summed E-state index contributed by atoms with van der Waals surface area (Å²) in [4.78, 5) is 40.0. The van der Waals surface area contributed by atoms with Gasteiger partial charge in [0.2, 0.25) is 5.91 Å². The van der Waals surface area contributed by atoms with Crippen LogP contribution in [0.5, 0.6) is 0 Å². The molecule has 0 fully saturated rings. The first-order valence-electron chi connectivity index (χ1n) is 10.9. The number of aryl methyl sites for hydroxylation is 1. The SMILES string of the molecule is CCCNc1ccc2c(c1)CC(=O)N(c1ccc(NC(=O)NS(=O)(=O)c3ccc(C)s3)cc1)C2=O. The molecule has 4 amide bonds. The van der Waals surface area contributed by atoms with Gasteiger partial charge in [-0.3, -0.25) is 9.59 Å². The number of carbonyl (C=O) groups excluding carboxylic acids is 3.